The molecular formula is C19H18ClN3O4S. The largest absolute Gasteiger partial charge is 0.477 e. The van der Waals surface area contributed by atoms with Crippen LogP contribution in [0.1, 0.15) is 46.0 Å². The van der Waals surface area contributed by atoms with Gasteiger partial charge in [-0.15, -0.1) is 11.3 Å². The SMILES string of the molecule is CCC(C(N)=O)n1c(Cc2cccc(Cl)c2)nc2sc(C(=O)O)c(C)c2c1=O. The maximum Gasteiger partial charge on any atom is 0.346 e. The van der Waals surface area contributed by atoms with Gasteiger partial charge in [0, 0.05) is 11.4 Å². The van der Waals surface area contributed by atoms with Gasteiger partial charge in [0.1, 0.15) is 21.6 Å². The van der Waals surface area contributed by atoms with Gasteiger partial charge in [-0.05, 0) is 36.6 Å². The van der Waals surface area contributed by atoms with E-state index in [4.69, 9.17) is 17.3 Å². The van der Waals surface area contributed by atoms with Crippen LogP contribution in [0.2, 0.25) is 5.02 Å². The molecule has 1 atom stereocenters. The summed E-state index contributed by atoms with van der Waals surface area (Å²) in [7, 11) is 0. The minimum atomic E-state index is -1.12. The average molecular weight is 420 g/mol. The van der Waals surface area contributed by atoms with Crippen molar-refractivity contribution in [1.29, 1.82) is 0 Å². The molecular weight excluding hydrogens is 402 g/mol. The Morgan fingerprint density at radius 2 is 2.11 bits per heavy atom. The molecule has 0 aliphatic rings. The molecule has 3 N–H and O–H groups in total. The zero-order valence-electron chi connectivity index (χ0n) is 15.2. The second kappa shape index (κ2) is 7.73. The van der Waals surface area contributed by atoms with Crippen molar-refractivity contribution in [3.8, 4) is 0 Å². The standard InChI is InChI=1S/C19H18ClN3O4S/c1-3-12(16(21)24)23-13(8-10-5-4-6-11(20)7-10)22-17-14(18(23)25)9(2)15(28-17)19(26)27/h4-7,12H,3,8H2,1-2H3,(H2,21,24)(H,26,27). The number of carbonyl (C=O) groups is 2. The minimum Gasteiger partial charge on any atom is -0.477 e. The van der Waals surface area contributed by atoms with Crippen LogP contribution in [0.4, 0.5) is 0 Å². The second-order valence-electron chi connectivity index (χ2n) is 6.38. The molecule has 146 valence electrons. The number of nitrogens with two attached hydrogens (primary N) is 1. The molecule has 0 aliphatic carbocycles. The van der Waals surface area contributed by atoms with Gasteiger partial charge in [-0.1, -0.05) is 30.7 Å². The van der Waals surface area contributed by atoms with E-state index in [1.807, 2.05) is 6.07 Å². The first kappa shape index (κ1) is 20.0. The van der Waals surface area contributed by atoms with Gasteiger partial charge in [0.25, 0.3) is 5.56 Å². The molecule has 0 bridgehead atoms. The Balaban J connectivity index is 2.32. The van der Waals surface area contributed by atoms with E-state index in [1.54, 1.807) is 32.0 Å². The normalized spacial score (nSPS) is 12.2. The summed E-state index contributed by atoms with van der Waals surface area (Å²) >= 11 is 6.99. The fourth-order valence-electron chi connectivity index (χ4n) is 3.23. The van der Waals surface area contributed by atoms with Crippen LogP contribution in [0.25, 0.3) is 10.2 Å². The molecule has 0 fully saturated rings. The zero-order valence-corrected chi connectivity index (χ0v) is 16.8. The highest BCUT2D eigenvalue weighted by molar-refractivity contribution is 7.20. The lowest BCUT2D eigenvalue weighted by atomic mass is 10.1. The number of carboxylic acid groups (broad SMARTS) is 1. The predicted molar refractivity (Wildman–Crippen MR) is 108 cm³/mol. The number of carbonyl (C=O) groups excluding carboxylic acids is 1. The van der Waals surface area contributed by atoms with E-state index in [2.05, 4.69) is 4.98 Å². The number of nitrogens with zero attached hydrogens (tertiary/aromatic N) is 2. The smallest absolute Gasteiger partial charge is 0.346 e. The molecule has 1 aromatic carbocycles. The molecule has 28 heavy (non-hydrogen) atoms. The second-order valence-corrected chi connectivity index (χ2v) is 7.81. The highest BCUT2D eigenvalue weighted by Gasteiger charge is 2.26. The third-order valence-electron chi connectivity index (χ3n) is 4.54. The summed E-state index contributed by atoms with van der Waals surface area (Å²) < 4.78 is 1.29. The van der Waals surface area contributed by atoms with Crippen molar-refractivity contribution in [2.75, 3.05) is 0 Å². The van der Waals surface area contributed by atoms with Crippen LogP contribution in [0, 0.1) is 6.92 Å². The van der Waals surface area contributed by atoms with Crippen molar-refractivity contribution < 1.29 is 14.7 Å². The number of aryl methyl sites for hydroxylation is 1. The van der Waals surface area contributed by atoms with Crippen molar-refractivity contribution in [2.24, 2.45) is 5.73 Å². The summed E-state index contributed by atoms with van der Waals surface area (Å²) in [6, 6.07) is 6.21. The molecule has 1 unspecified atom stereocenters. The quantitative estimate of drug-likeness (QED) is 0.636. The minimum absolute atomic E-state index is 0.0539. The van der Waals surface area contributed by atoms with Gasteiger partial charge in [-0.25, -0.2) is 9.78 Å². The highest BCUT2D eigenvalue weighted by Crippen LogP contribution is 2.29. The lowest BCUT2D eigenvalue weighted by Crippen LogP contribution is -2.36. The highest BCUT2D eigenvalue weighted by atomic mass is 35.5. The lowest BCUT2D eigenvalue weighted by molar-refractivity contribution is -0.121. The molecule has 0 spiro atoms. The maximum absolute atomic E-state index is 13.3. The molecule has 2 heterocycles. The number of rotatable bonds is 6. The molecule has 0 saturated heterocycles. The maximum atomic E-state index is 13.3. The number of thiophene rings is 1. The number of carboxylic acids is 1. The van der Waals surface area contributed by atoms with E-state index in [0.717, 1.165) is 16.9 Å². The summed E-state index contributed by atoms with van der Waals surface area (Å²) in [5.41, 5.74) is 6.21. The monoisotopic (exact) mass is 419 g/mol. The Morgan fingerprint density at radius 1 is 1.39 bits per heavy atom. The summed E-state index contributed by atoms with van der Waals surface area (Å²) in [5.74, 6) is -1.43. The van der Waals surface area contributed by atoms with E-state index >= 15 is 0 Å². The number of aromatic nitrogens is 2. The van der Waals surface area contributed by atoms with E-state index in [-0.39, 0.29) is 16.7 Å². The molecule has 3 aromatic rings. The summed E-state index contributed by atoms with van der Waals surface area (Å²) in [6.07, 6.45) is 0.550. The number of amides is 1. The van der Waals surface area contributed by atoms with Crippen molar-refractivity contribution in [1.82, 2.24) is 9.55 Å². The van der Waals surface area contributed by atoms with Gasteiger partial charge in [0.15, 0.2) is 0 Å². The first-order valence-corrected chi connectivity index (χ1v) is 9.75. The van der Waals surface area contributed by atoms with E-state index in [9.17, 15) is 19.5 Å². The fourth-order valence-corrected chi connectivity index (χ4v) is 4.47. The van der Waals surface area contributed by atoms with Crippen molar-refractivity contribution in [3.05, 3.63) is 61.5 Å². The molecule has 0 aliphatic heterocycles. The van der Waals surface area contributed by atoms with Crippen molar-refractivity contribution in [3.63, 3.8) is 0 Å². The van der Waals surface area contributed by atoms with Crippen LogP contribution in [-0.2, 0) is 11.2 Å². The number of hydrogen-bond donors (Lipinski definition) is 2. The van der Waals surface area contributed by atoms with Gasteiger partial charge in [0.05, 0.1) is 5.39 Å². The topological polar surface area (TPSA) is 115 Å². The summed E-state index contributed by atoms with van der Waals surface area (Å²) in [6.45, 7) is 3.32. The van der Waals surface area contributed by atoms with Crippen LogP contribution < -0.4 is 11.3 Å². The molecule has 0 saturated carbocycles. The summed E-state index contributed by atoms with van der Waals surface area (Å²) in [5, 5.41) is 10.1. The number of hydrogen-bond acceptors (Lipinski definition) is 5. The third kappa shape index (κ3) is 3.53. The summed E-state index contributed by atoms with van der Waals surface area (Å²) in [4.78, 5) is 41.7. The van der Waals surface area contributed by atoms with Gasteiger partial charge >= 0.3 is 5.97 Å². The van der Waals surface area contributed by atoms with E-state index in [1.165, 1.54) is 4.57 Å². The number of primary amides is 1. The zero-order chi connectivity index (χ0) is 20.6. The van der Waals surface area contributed by atoms with Crippen LogP contribution in [-0.4, -0.2) is 26.5 Å². The van der Waals surface area contributed by atoms with Gasteiger partial charge in [-0.3, -0.25) is 14.2 Å². The molecule has 1 amide bonds. The molecule has 3 rings (SSSR count). The lowest BCUT2D eigenvalue weighted by Gasteiger charge is -2.19. The van der Waals surface area contributed by atoms with E-state index < -0.39 is 23.5 Å². The first-order valence-electron chi connectivity index (χ1n) is 8.56. The van der Waals surface area contributed by atoms with Gasteiger partial charge in [0.2, 0.25) is 5.91 Å². The Bertz CT molecular complexity index is 1150. The number of benzene rings is 1. The molecule has 7 nitrogen and oxygen atoms in total. The van der Waals surface area contributed by atoms with Crippen LogP contribution >= 0.6 is 22.9 Å². The Kier molecular flexibility index (Phi) is 5.53. The molecule has 9 heteroatoms. The Labute approximate surface area is 169 Å². The Morgan fingerprint density at radius 3 is 2.68 bits per heavy atom. The first-order chi connectivity index (χ1) is 13.2. The number of halogens is 1. The Hall–Kier alpha value is -2.71. The van der Waals surface area contributed by atoms with Crippen LogP contribution in [0.15, 0.2) is 29.1 Å². The van der Waals surface area contributed by atoms with Crippen LogP contribution in [0.3, 0.4) is 0 Å². The van der Waals surface area contributed by atoms with Gasteiger partial charge in [-0.2, -0.15) is 0 Å². The molecule has 2 aromatic heterocycles. The van der Waals surface area contributed by atoms with Gasteiger partial charge < -0.3 is 10.8 Å². The number of aromatic carboxylic acids is 1. The van der Waals surface area contributed by atoms with Crippen molar-refractivity contribution in [2.45, 2.75) is 32.7 Å². The van der Waals surface area contributed by atoms with E-state index in [0.29, 0.717) is 27.7 Å². The average Bonchev–Trinajstić information content (AvgIpc) is 2.95. The van der Waals surface area contributed by atoms with Crippen LogP contribution in [0.5, 0.6) is 0 Å². The predicted octanol–water partition coefficient (Wildman–Crippen LogP) is 3.15. The molecule has 0 radical (unpaired) electrons. The van der Waals surface area contributed by atoms with Crippen molar-refractivity contribution >= 4 is 45.0 Å². The fraction of sp³-hybridized carbons (Fsp3) is 0.263. The third-order valence-corrected chi connectivity index (χ3v) is 5.95. The number of fused-ring (bicyclic) bond motifs is 1.